The number of halogens is 1. The minimum absolute atomic E-state index is 0. The van der Waals surface area contributed by atoms with Crippen molar-refractivity contribution in [3.63, 3.8) is 0 Å². The molecule has 1 amide bonds. The van der Waals surface area contributed by atoms with Crippen molar-refractivity contribution in [3.05, 3.63) is 12.7 Å². The molecule has 0 rings (SSSR count). The number of carbonyl (C=O) groups is 1. The fraction of sp³-hybridized carbons (Fsp3) is 0.850. The van der Waals surface area contributed by atoms with Gasteiger partial charge in [0.1, 0.15) is 0 Å². The third kappa shape index (κ3) is 12.8. The topological polar surface area (TPSA) is 29.1 Å². The van der Waals surface area contributed by atoms with Crippen molar-refractivity contribution in [1.29, 1.82) is 0 Å². The van der Waals surface area contributed by atoms with Crippen LogP contribution in [0.15, 0.2) is 12.7 Å². The van der Waals surface area contributed by atoms with Crippen LogP contribution in [-0.4, -0.2) is 37.2 Å². The Kier molecular flexibility index (Phi) is 17.1. The average Bonchev–Trinajstić information content (AvgIpc) is 2.53. The third-order valence-electron chi connectivity index (χ3n) is 4.81. The van der Waals surface area contributed by atoms with Crippen molar-refractivity contribution < 1.29 is 21.7 Å². The van der Waals surface area contributed by atoms with Crippen molar-refractivity contribution in [2.45, 2.75) is 90.6 Å². The summed E-state index contributed by atoms with van der Waals surface area (Å²) in [6.07, 6.45) is 16.1. The number of unbranched alkanes of at least 4 members (excludes halogenated alkanes) is 9. The first-order chi connectivity index (χ1) is 11.0. The Morgan fingerprint density at radius 2 is 1.42 bits per heavy atom. The molecule has 1 N–H and O–H groups in total. The van der Waals surface area contributed by atoms with Gasteiger partial charge >= 0.3 is 0 Å². The molecule has 0 saturated carbocycles. The molecule has 0 heterocycles. The maximum Gasteiger partial charge on any atom is 0.247 e. The minimum Gasteiger partial charge on any atom is -1.00 e. The number of carbonyl (C=O) groups excluding carboxylic acids is 1. The lowest BCUT2D eigenvalue weighted by Gasteiger charge is -2.37. The SMILES string of the molecule is C=CC(=O)NC(CC)[N+](C)(C)CCCCCCCCCCCC.[Cl-]. The molecule has 0 spiro atoms. The molecule has 0 radical (unpaired) electrons. The fourth-order valence-corrected chi connectivity index (χ4v) is 3.16. The largest absolute Gasteiger partial charge is 1.00 e. The van der Waals surface area contributed by atoms with E-state index in [4.69, 9.17) is 0 Å². The van der Waals surface area contributed by atoms with Crippen LogP contribution in [0.4, 0.5) is 0 Å². The maximum atomic E-state index is 11.5. The zero-order valence-corrected chi connectivity index (χ0v) is 17.3. The third-order valence-corrected chi connectivity index (χ3v) is 4.81. The van der Waals surface area contributed by atoms with Crippen LogP contribution < -0.4 is 17.7 Å². The second-order valence-corrected chi connectivity index (χ2v) is 7.32. The van der Waals surface area contributed by atoms with Crippen molar-refractivity contribution >= 4 is 5.91 Å². The first kappa shape index (κ1) is 25.7. The molecule has 3 nitrogen and oxygen atoms in total. The van der Waals surface area contributed by atoms with Crippen LogP contribution in [0.2, 0.25) is 0 Å². The first-order valence-electron chi connectivity index (χ1n) is 9.73. The summed E-state index contributed by atoms with van der Waals surface area (Å²) < 4.78 is 0.854. The summed E-state index contributed by atoms with van der Waals surface area (Å²) in [5, 5.41) is 3.06. The Morgan fingerprint density at radius 1 is 0.958 bits per heavy atom. The molecule has 1 atom stereocenters. The predicted octanol–water partition coefficient (Wildman–Crippen LogP) is 2.03. The van der Waals surface area contributed by atoms with Gasteiger partial charge in [0, 0.05) is 6.42 Å². The predicted molar refractivity (Wildman–Crippen MR) is 101 cm³/mol. The van der Waals surface area contributed by atoms with Gasteiger partial charge in [0.25, 0.3) is 0 Å². The Bertz CT molecular complexity index is 319. The second kappa shape index (κ2) is 16.0. The van der Waals surface area contributed by atoms with Gasteiger partial charge in [-0.15, -0.1) is 0 Å². The number of nitrogens with one attached hydrogen (secondary N) is 1. The smallest absolute Gasteiger partial charge is 0.247 e. The Hall–Kier alpha value is -0.540. The molecule has 4 heteroatoms. The van der Waals surface area contributed by atoms with Crippen LogP contribution >= 0.6 is 0 Å². The van der Waals surface area contributed by atoms with Crippen molar-refractivity contribution in [2.24, 2.45) is 0 Å². The quantitative estimate of drug-likeness (QED) is 0.206. The molecule has 0 aromatic carbocycles. The van der Waals surface area contributed by atoms with E-state index in [1.165, 1.54) is 70.3 Å². The average molecular weight is 361 g/mol. The second-order valence-electron chi connectivity index (χ2n) is 7.32. The molecule has 0 aromatic rings. The van der Waals surface area contributed by atoms with Gasteiger partial charge in [-0.3, -0.25) is 4.79 Å². The summed E-state index contributed by atoms with van der Waals surface area (Å²) in [4.78, 5) is 11.5. The Labute approximate surface area is 157 Å². The highest BCUT2D eigenvalue weighted by Gasteiger charge is 2.26. The van der Waals surface area contributed by atoms with Gasteiger partial charge in [0.05, 0.1) is 20.6 Å². The van der Waals surface area contributed by atoms with E-state index in [0.717, 1.165) is 17.4 Å². The normalized spacial score (nSPS) is 12.3. The van der Waals surface area contributed by atoms with E-state index in [2.05, 4.69) is 39.8 Å². The molecule has 24 heavy (non-hydrogen) atoms. The van der Waals surface area contributed by atoms with E-state index < -0.39 is 0 Å². The number of quaternary nitrogens is 1. The lowest BCUT2D eigenvalue weighted by Crippen LogP contribution is -3.00. The molecule has 0 bridgehead atoms. The molecule has 0 aliphatic carbocycles. The molecular formula is C20H41ClN2O. The number of hydrogen-bond acceptors (Lipinski definition) is 1. The lowest BCUT2D eigenvalue weighted by atomic mass is 10.1. The molecule has 144 valence electrons. The number of nitrogens with zero attached hydrogens (tertiary/aromatic N) is 1. The van der Waals surface area contributed by atoms with Gasteiger partial charge in [-0.25, -0.2) is 0 Å². The summed E-state index contributed by atoms with van der Waals surface area (Å²) in [5.41, 5.74) is 0. The summed E-state index contributed by atoms with van der Waals surface area (Å²) in [5.74, 6) is -0.0638. The van der Waals surface area contributed by atoms with Crippen LogP contribution in [0.3, 0.4) is 0 Å². The Balaban J connectivity index is 0. The zero-order valence-electron chi connectivity index (χ0n) is 16.6. The lowest BCUT2D eigenvalue weighted by molar-refractivity contribution is -0.917. The first-order valence-corrected chi connectivity index (χ1v) is 9.73. The van der Waals surface area contributed by atoms with Gasteiger partial charge < -0.3 is 22.2 Å². The number of amides is 1. The van der Waals surface area contributed by atoms with Crippen LogP contribution in [0.25, 0.3) is 0 Å². The molecule has 0 aliphatic rings. The summed E-state index contributed by atoms with van der Waals surface area (Å²) in [7, 11) is 4.43. The van der Waals surface area contributed by atoms with Crippen LogP contribution in [0.1, 0.15) is 84.5 Å². The highest BCUT2D eigenvalue weighted by molar-refractivity contribution is 5.86. The molecule has 1 unspecified atom stereocenters. The van der Waals surface area contributed by atoms with E-state index in [-0.39, 0.29) is 24.5 Å². The van der Waals surface area contributed by atoms with Gasteiger partial charge in [-0.1, -0.05) is 71.8 Å². The molecule has 0 aliphatic heterocycles. The highest BCUT2D eigenvalue weighted by atomic mass is 35.5. The standard InChI is InChI=1S/C20H40N2O.ClH/c1-6-9-10-11-12-13-14-15-16-17-18-22(4,5)19(7-2)21-20(23)8-3;/h8,19H,3,6-7,9-18H2,1-2,4-5H3;1H. The van der Waals surface area contributed by atoms with Gasteiger partial charge in [-0.2, -0.15) is 0 Å². The van der Waals surface area contributed by atoms with Gasteiger partial charge in [0.15, 0.2) is 6.17 Å². The molecule has 0 saturated heterocycles. The monoisotopic (exact) mass is 360 g/mol. The number of hydrogen-bond donors (Lipinski definition) is 1. The van der Waals surface area contributed by atoms with E-state index in [9.17, 15) is 4.79 Å². The van der Waals surface area contributed by atoms with Crippen molar-refractivity contribution in [2.75, 3.05) is 20.6 Å². The van der Waals surface area contributed by atoms with Crippen LogP contribution in [0, 0.1) is 0 Å². The van der Waals surface area contributed by atoms with Gasteiger partial charge in [0.2, 0.25) is 5.91 Å². The van der Waals surface area contributed by atoms with Gasteiger partial charge in [-0.05, 0) is 18.9 Å². The highest BCUT2D eigenvalue weighted by Crippen LogP contribution is 2.14. The number of rotatable bonds is 15. The maximum absolute atomic E-state index is 11.5. The summed E-state index contributed by atoms with van der Waals surface area (Å²) in [6, 6.07) is 0. The van der Waals surface area contributed by atoms with Crippen LogP contribution in [0.5, 0.6) is 0 Å². The fourth-order valence-electron chi connectivity index (χ4n) is 3.16. The van der Waals surface area contributed by atoms with Crippen molar-refractivity contribution in [1.82, 2.24) is 5.32 Å². The molecule has 0 fully saturated rings. The Morgan fingerprint density at radius 3 is 1.83 bits per heavy atom. The molecule has 0 aromatic heterocycles. The molecular weight excluding hydrogens is 320 g/mol. The van der Waals surface area contributed by atoms with Crippen molar-refractivity contribution in [3.8, 4) is 0 Å². The summed E-state index contributed by atoms with van der Waals surface area (Å²) >= 11 is 0. The zero-order chi connectivity index (χ0) is 17.6. The minimum atomic E-state index is -0.0638. The van der Waals surface area contributed by atoms with E-state index in [1.54, 1.807) is 0 Å². The van der Waals surface area contributed by atoms with E-state index in [1.807, 2.05) is 0 Å². The van der Waals surface area contributed by atoms with E-state index in [0.29, 0.717) is 0 Å². The summed E-state index contributed by atoms with van der Waals surface area (Å²) in [6.45, 7) is 9.06. The van der Waals surface area contributed by atoms with E-state index >= 15 is 0 Å². The van der Waals surface area contributed by atoms with Crippen LogP contribution in [-0.2, 0) is 4.79 Å².